The minimum Gasteiger partial charge on any atom is -0.545 e. The minimum absolute atomic E-state index is 0.313. The molecule has 0 heterocycles. The van der Waals surface area contributed by atoms with Gasteiger partial charge in [0.25, 0.3) is 1.43 Å². The third-order valence-corrected chi connectivity index (χ3v) is 2.43. The third-order valence-electron chi connectivity index (χ3n) is 2.43. The standard InChI is InChI=1S/C8H2F4O4.C5H13N/c9-3-1(7(13)14)4(10)6(12)2(5(3)11)8(15)16;1-2-3-4-5-6/h(H,13,14)(H,15,16);2-6H2,1H3/i/hD4. The van der Waals surface area contributed by atoms with Gasteiger partial charge >= 0.3 is 10.2 Å². The molecule has 1 aromatic carbocycles. The first-order valence-corrected chi connectivity index (χ1v) is 6.10. The number of carboxylic acid groups (broad SMARTS) is 2. The fourth-order valence-electron chi connectivity index (χ4n) is 1.35. The average Bonchev–Trinajstić information content (AvgIpc) is 2.52. The van der Waals surface area contributed by atoms with E-state index >= 15 is 0 Å². The number of aromatic carboxylic acids is 2. The van der Waals surface area contributed by atoms with E-state index in [1.54, 1.807) is 0 Å². The van der Waals surface area contributed by atoms with Crippen molar-refractivity contribution in [1.29, 1.82) is 1.43 Å². The maximum Gasteiger partial charge on any atom is 0.344 e. The summed E-state index contributed by atoms with van der Waals surface area (Å²) < 4.78 is 78.5. The van der Waals surface area contributed by atoms with Gasteiger partial charge in [0.05, 0.1) is 18.1 Å². The summed E-state index contributed by atoms with van der Waals surface area (Å²) in [7, 11) is 0. The molecule has 9 heteroatoms. The smallest absolute Gasteiger partial charge is 0.344 e. The summed E-state index contributed by atoms with van der Waals surface area (Å²) in [4.78, 5) is 20.9. The molecule has 0 amide bonds. The van der Waals surface area contributed by atoms with Gasteiger partial charge in [-0.1, -0.05) is 13.3 Å². The number of hydrogen-bond donors (Lipinski definition) is 2. The molecule has 0 unspecified atom stereocenters. The topological polar surface area (TPSA) is 105 Å². The quantitative estimate of drug-likeness (QED) is 0.456. The van der Waals surface area contributed by atoms with Crippen LogP contribution >= 0.6 is 0 Å². The zero-order valence-corrected chi connectivity index (χ0v) is 11.4. The van der Waals surface area contributed by atoms with Crippen molar-refractivity contribution in [2.24, 2.45) is 0 Å². The van der Waals surface area contributed by atoms with E-state index in [2.05, 4.69) is 12.0 Å². The van der Waals surface area contributed by atoms with Crippen LogP contribution in [0.25, 0.3) is 1.43 Å². The number of quaternary nitrogens is 1. The lowest BCUT2D eigenvalue weighted by atomic mass is 10.1. The number of unbranched alkanes of at least 4 members (excludes halogenated alkanes) is 2. The van der Waals surface area contributed by atoms with Crippen LogP contribution in [0.2, 0.25) is 4.24 Å². The van der Waals surface area contributed by atoms with Crippen LogP contribution in [0.5, 0.6) is 0 Å². The highest BCUT2D eigenvalue weighted by Gasteiger charge is 2.29. The molecule has 0 bridgehead atoms. The number of rotatable bonds is 6. The molecule has 0 saturated heterocycles. The molecule has 0 aromatic heterocycles. The van der Waals surface area contributed by atoms with Crippen LogP contribution < -0.4 is 10.8 Å². The van der Waals surface area contributed by atoms with E-state index in [0.717, 1.165) is 19.3 Å². The Bertz CT molecular complexity index is 642. The molecule has 1 rings (SSSR count). The van der Waals surface area contributed by atoms with Gasteiger partial charge in [-0.15, -0.1) is 0 Å². The average molecular weight is 329 g/mol. The molecular formula is C13H15F4NO4. The number of carboxylic acids is 2. The minimum atomic E-state index is -2.50. The van der Waals surface area contributed by atoms with Crippen LogP contribution in [0.15, 0.2) is 0 Å². The van der Waals surface area contributed by atoms with E-state index in [0.29, 0.717) is 6.54 Å². The predicted octanol–water partition coefficient (Wildman–Crippen LogP) is 0.723. The largest absolute Gasteiger partial charge is 0.545 e. The molecule has 124 valence electrons. The molecule has 0 aliphatic heterocycles. The van der Waals surface area contributed by atoms with Crippen LogP contribution in [0.4, 0.5) is 17.6 Å². The summed E-state index contributed by atoms with van der Waals surface area (Å²) in [5, 5.41) is 13.4. The lowest BCUT2D eigenvalue weighted by Crippen LogP contribution is -2.49. The number of carbonyl (C=O) groups is 2. The van der Waals surface area contributed by atoms with Crippen LogP contribution in [0.1, 0.15) is 46.9 Å². The molecule has 1 aromatic rings. The Labute approximate surface area is 129 Å². The monoisotopic (exact) mass is 329 g/mol. The fourth-order valence-corrected chi connectivity index (χ4v) is 1.35. The summed E-state index contributed by atoms with van der Waals surface area (Å²) in [5.74, 6) is -13.7. The van der Waals surface area contributed by atoms with Gasteiger partial charge in [0.1, 0.15) is 5.56 Å². The number of hydrogen-bond acceptors (Lipinski definition) is 4. The molecule has 0 atom stereocenters. The van der Waals surface area contributed by atoms with E-state index in [1.807, 2.05) is 0 Å². The van der Waals surface area contributed by atoms with Crippen LogP contribution in [0, 0.1) is 23.3 Å². The SMILES string of the molecule is [2H]OC(=O)c1c(F)c(F)c(C(=O)[O-])c(F)c1F.[2H][N+]([2H])([2H])CCCCC. The highest BCUT2D eigenvalue weighted by Crippen LogP contribution is 2.23. The Morgan fingerprint density at radius 3 is 2.00 bits per heavy atom. The number of carbonyl (C=O) groups excluding carboxylic acids is 1. The molecule has 0 saturated carbocycles. The van der Waals surface area contributed by atoms with Crippen molar-refractivity contribution in [1.82, 2.24) is 0 Å². The maximum atomic E-state index is 13.0. The third kappa shape index (κ3) is 4.69. The maximum absolute atomic E-state index is 13.0. The lowest BCUT2D eigenvalue weighted by molar-refractivity contribution is -0.368. The molecule has 5 nitrogen and oxygen atoms in total. The Morgan fingerprint density at radius 2 is 1.64 bits per heavy atom. The van der Waals surface area contributed by atoms with Crippen molar-refractivity contribution in [3.8, 4) is 0 Å². The fraction of sp³-hybridized carbons (Fsp3) is 0.385. The van der Waals surface area contributed by atoms with Crippen molar-refractivity contribution >= 4 is 11.9 Å². The van der Waals surface area contributed by atoms with E-state index in [9.17, 15) is 32.3 Å². The molecule has 0 spiro atoms. The van der Waals surface area contributed by atoms with E-state index in [4.69, 9.17) is 5.67 Å². The lowest BCUT2D eigenvalue weighted by Gasteiger charge is -2.09. The molecular weight excluding hydrogens is 310 g/mol. The second-order valence-corrected chi connectivity index (χ2v) is 4.01. The molecule has 22 heavy (non-hydrogen) atoms. The highest BCUT2D eigenvalue weighted by atomic mass is 19.2. The van der Waals surface area contributed by atoms with Gasteiger partial charge in [0, 0.05) is 0 Å². The normalized spacial score (nSPS) is 13.0. The van der Waals surface area contributed by atoms with Crippen LogP contribution in [-0.4, -0.2) is 23.6 Å². The summed E-state index contributed by atoms with van der Waals surface area (Å²) in [5.41, 5.74) is -4.96. The van der Waals surface area contributed by atoms with Gasteiger partial charge < -0.3 is 20.7 Å². The Hall–Kier alpha value is -2.16. The highest BCUT2D eigenvalue weighted by molar-refractivity contribution is 5.92. The second-order valence-electron chi connectivity index (χ2n) is 4.01. The van der Waals surface area contributed by atoms with Crippen molar-refractivity contribution in [2.45, 2.75) is 26.2 Å². The number of benzene rings is 1. The molecule has 0 aliphatic rings. The van der Waals surface area contributed by atoms with Crippen molar-refractivity contribution in [2.75, 3.05) is 6.54 Å². The summed E-state index contributed by atoms with van der Waals surface area (Å²) in [6.07, 6.45) is 2.92. The van der Waals surface area contributed by atoms with Crippen molar-refractivity contribution in [3.05, 3.63) is 34.4 Å². The zero-order valence-electron chi connectivity index (χ0n) is 15.4. The van der Waals surface area contributed by atoms with Gasteiger partial charge in [-0.2, -0.15) is 0 Å². The van der Waals surface area contributed by atoms with Crippen LogP contribution in [0.3, 0.4) is 0 Å². The Kier molecular flexibility index (Phi) is 5.51. The van der Waals surface area contributed by atoms with Gasteiger partial charge in [-0.25, -0.2) is 22.4 Å². The first kappa shape index (κ1) is 13.5. The first-order chi connectivity index (χ1) is 11.9. The second kappa shape index (κ2) is 8.98. The molecule has 0 radical (unpaired) electrons. The van der Waals surface area contributed by atoms with Gasteiger partial charge in [0.15, 0.2) is 23.3 Å². The number of halogens is 4. The zero-order chi connectivity index (χ0) is 20.7. The molecule has 0 aliphatic carbocycles. The van der Waals surface area contributed by atoms with E-state index in [1.165, 1.54) is 0 Å². The molecule has 0 fully saturated rings. The first-order valence-electron chi connectivity index (χ1n) is 7.85. The van der Waals surface area contributed by atoms with E-state index < -0.39 is 52.0 Å². The molecule has 4 N–H and O–H groups in total. The van der Waals surface area contributed by atoms with Crippen molar-refractivity contribution in [3.63, 3.8) is 0 Å². The summed E-state index contributed by atoms with van der Waals surface area (Å²) in [6, 6.07) is 0. The van der Waals surface area contributed by atoms with Crippen molar-refractivity contribution < 1.29 is 47.3 Å². The predicted molar refractivity (Wildman–Crippen MR) is 64.8 cm³/mol. The summed E-state index contributed by atoms with van der Waals surface area (Å²) in [6.45, 7) is 2.38. The summed E-state index contributed by atoms with van der Waals surface area (Å²) >= 11 is 0. The van der Waals surface area contributed by atoms with Gasteiger partial charge in [0.2, 0.25) is 0 Å². The van der Waals surface area contributed by atoms with Gasteiger partial charge in [-0.05, 0) is 12.8 Å². The Balaban J connectivity index is 0.000000590. The van der Waals surface area contributed by atoms with Crippen LogP contribution in [-0.2, 0) is 0 Å². The Morgan fingerprint density at radius 1 is 1.14 bits per heavy atom. The van der Waals surface area contributed by atoms with Gasteiger partial charge in [-0.3, -0.25) is 0 Å². The van der Waals surface area contributed by atoms with E-state index in [-0.39, 0.29) is 0 Å².